The Hall–Kier alpha value is -2.00. The summed E-state index contributed by atoms with van der Waals surface area (Å²) in [4.78, 5) is 26.7. The summed E-state index contributed by atoms with van der Waals surface area (Å²) in [5.41, 5.74) is 8.44. The number of benzene rings is 1. The quantitative estimate of drug-likeness (QED) is 0.787. The molecule has 1 aromatic heterocycles. The van der Waals surface area contributed by atoms with Crippen LogP contribution in [0.15, 0.2) is 16.9 Å². The number of fused-ring (bicyclic) bond motifs is 3. The third kappa shape index (κ3) is 4.04. The standard InChI is InChI=1S/C15H18ClN3O2.C2H3FO2/c1-18-7-10-9-5-14(21-2)12(16)6-13(9)19(4-3-17)15(20)11(10)8-18;3-5-2-1-4/h5-6H,3-4,7-8,17H2,1-2H3;1H,2H2. The number of halogens is 2. The van der Waals surface area contributed by atoms with E-state index in [0.29, 0.717) is 36.7 Å². The summed E-state index contributed by atoms with van der Waals surface area (Å²) in [6.07, 6.45) is 0.333. The minimum Gasteiger partial charge on any atom is -0.495 e. The van der Waals surface area contributed by atoms with Gasteiger partial charge < -0.3 is 19.8 Å². The Morgan fingerprint density at radius 2 is 2.04 bits per heavy atom. The zero-order chi connectivity index (χ0) is 19.3. The molecule has 0 saturated heterocycles. The van der Waals surface area contributed by atoms with Gasteiger partial charge in [-0.25, -0.2) is 0 Å². The van der Waals surface area contributed by atoms with E-state index in [-0.39, 0.29) is 5.56 Å². The van der Waals surface area contributed by atoms with E-state index in [0.717, 1.165) is 28.6 Å². The number of methoxy groups -OCH3 is 1. The number of rotatable bonds is 5. The second kappa shape index (κ2) is 9.09. The number of hydrogen-bond acceptors (Lipinski definition) is 6. The van der Waals surface area contributed by atoms with E-state index in [1.54, 1.807) is 17.7 Å². The van der Waals surface area contributed by atoms with Crippen LogP contribution in [0.3, 0.4) is 0 Å². The highest BCUT2D eigenvalue weighted by Gasteiger charge is 2.24. The number of aldehydes is 1. The number of hydrogen-bond donors (Lipinski definition) is 1. The van der Waals surface area contributed by atoms with Crippen LogP contribution < -0.4 is 16.0 Å². The van der Waals surface area contributed by atoms with Gasteiger partial charge in [-0.2, -0.15) is 4.94 Å². The molecule has 142 valence electrons. The molecule has 1 aliphatic heterocycles. The SMILES string of the molecule is COc1cc2c3c(c(=O)n(CCN)c2cc1Cl)CN(C)C3.O=CCOF. The van der Waals surface area contributed by atoms with Gasteiger partial charge in [-0.05, 0) is 29.3 Å². The maximum Gasteiger partial charge on any atom is 0.255 e. The van der Waals surface area contributed by atoms with E-state index in [1.807, 2.05) is 13.1 Å². The first kappa shape index (κ1) is 20.3. The molecule has 9 heteroatoms. The molecule has 0 atom stereocenters. The molecule has 2 heterocycles. The van der Waals surface area contributed by atoms with Crippen molar-refractivity contribution >= 4 is 28.8 Å². The summed E-state index contributed by atoms with van der Waals surface area (Å²) in [6, 6.07) is 3.72. The summed E-state index contributed by atoms with van der Waals surface area (Å²) >= 11 is 6.23. The zero-order valence-electron chi connectivity index (χ0n) is 14.6. The monoisotopic (exact) mass is 385 g/mol. The van der Waals surface area contributed by atoms with E-state index in [4.69, 9.17) is 26.9 Å². The number of carbonyl (C=O) groups is 1. The van der Waals surface area contributed by atoms with Crippen molar-refractivity contribution in [2.75, 3.05) is 27.3 Å². The van der Waals surface area contributed by atoms with E-state index in [2.05, 4.69) is 9.84 Å². The summed E-state index contributed by atoms with van der Waals surface area (Å²) in [6.45, 7) is 1.86. The molecule has 7 nitrogen and oxygen atoms in total. The van der Waals surface area contributed by atoms with Crippen molar-refractivity contribution in [1.29, 1.82) is 0 Å². The van der Waals surface area contributed by atoms with E-state index >= 15 is 0 Å². The summed E-state index contributed by atoms with van der Waals surface area (Å²) in [5.74, 6) is 0.624. The summed E-state index contributed by atoms with van der Waals surface area (Å²) < 4.78 is 17.3. The van der Waals surface area contributed by atoms with Gasteiger partial charge in [-0.15, -0.1) is 0 Å². The lowest BCUT2D eigenvalue weighted by molar-refractivity contribution is -0.145. The first-order valence-corrected chi connectivity index (χ1v) is 8.33. The van der Waals surface area contributed by atoms with Gasteiger partial charge in [-0.3, -0.25) is 9.69 Å². The molecule has 2 N–H and O–H groups in total. The van der Waals surface area contributed by atoms with Crippen molar-refractivity contribution in [2.45, 2.75) is 19.6 Å². The number of pyridine rings is 1. The van der Waals surface area contributed by atoms with Crippen LogP contribution in [0.5, 0.6) is 5.75 Å². The lowest BCUT2D eigenvalue weighted by atomic mass is 10.0. The fraction of sp³-hybridized carbons (Fsp3) is 0.412. The molecule has 1 aliphatic rings. The van der Waals surface area contributed by atoms with Gasteiger partial charge in [0.25, 0.3) is 5.56 Å². The van der Waals surface area contributed by atoms with Crippen LogP contribution in [-0.2, 0) is 29.4 Å². The van der Waals surface area contributed by atoms with Crippen molar-refractivity contribution < 1.29 is 19.0 Å². The predicted molar refractivity (Wildman–Crippen MR) is 97.1 cm³/mol. The molecule has 3 rings (SSSR count). The average Bonchev–Trinajstić information content (AvgIpc) is 3.01. The molecule has 2 aromatic rings. The maximum atomic E-state index is 12.7. The second-order valence-electron chi connectivity index (χ2n) is 5.82. The van der Waals surface area contributed by atoms with Crippen LogP contribution in [0.4, 0.5) is 4.53 Å². The lowest BCUT2D eigenvalue weighted by Crippen LogP contribution is -2.27. The van der Waals surface area contributed by atoms with Gasteiger partial charge >= 0.3 is 0 Å². The molecule has 1 aromatic carbocycles. The number of nitrogens with zero attached hydrogens (tertiary/aromatic N) is 2. The van der Waals surface area contributed by atoms with Crippen LogP contribution in [0, 0.1) is 0 Å². The Balaban J connectivity index is 0.000000431. The van der Waals surface area contributed by atoms with Gasteiger partial charge in [0.1, 0.15) is 18.6 Å². The molecule has 0 radical (unpaired) electrons. The van der Waals surface area contributed by atoms with Crippen LogP contribution in [0.25, 0.3) is 10.9 Å². The number of nitrogens with two attached hydrogens (primary N) is 1. The third-order valence-corrected chi connectivity index (χ3v) is 4.39. The highest BCUT2D eigenvalue weighted by atomic mass is 35.5. The molecular weight excluding hydrogens is 365 g/mol. The number of aromatic nitrogens is 1. The van der Waals surface area contributed by atoms with Gasteiger partial charge in [0.2, 0.25) is 0 Å². The Labute approximate surface area is 154 Å². The van der Waals surface area contributed by atoms with Crippen molar-refractivity contribution in [3.8, 4) is 5.75 Å². The molecule has 0 unspecified atom stereocenters. The molecule has 0 amide bonds. The Morgan fingerprint density at radius 3 is 2.58 bits per heavy atom. The molecule has 0 fully saturated rings. The van der Waals surface area contributed by atoms with Crippen LogP contribution in [0.1, 0.15) is 11.1 Å². The average molecular weight is 386 g/mol. The van der Waals surface area contributed by atoms with Gasteiger partial charge in [0.05, 0.1) is 17.6 Å². The summed E-state index contributed by atoms with van der Waals surface area (Å²) in [7, 11) is 3.60. The van der Waals surface area contributed by atoms with Crippen molar-refractivity contribution in [2.24, 2.45) is 5.73 Å². The van der Waals surface area contributed by atoms with Crippen molar-refractivity contribution in [3.63, 3.8) is 0 Å². The number of ether oxygens (including phenoxy) is 1. The molecule has 0 saturated carbocycles. The minimum atomic E-state index is -0.458. The molecular formula is C17H21ClFN3O4. The number of carbonyl (C=O) groups excluding carboxylic acids is 1. The Bertz CT molecular complexity index is 856. The van der Waals surface area contributed by atoms with E-state index in [9.17, 15) is 9.32 Å². The smallest absolute Gasteiger partial charge is 0.255 e. The Morgan fingerprint density at radius 1 is 1.35 bits per heavy atom. The maximum absolute atomic E-state index is 12.7. The highest BCUT2D eigenvalue weighted by Crippen LogP contribution is 2.34. The Kier molecular flexibility index (Phi) is 7.10. The van der Waals surface area contributed by atoms with Crippen LogP contribution in [0.2, 0.25) is 5.02 Å². The normalized spacial score (nSPS) is 13.3. The first-order chi connectivity index (χ1) is 12.5. The van der Waals surface area contributed by atoms with Crippen molar-refractivity contribution in [3.05, 3.63) is 38.6 Å². The largest absolute Gasteiger partial charge is 0.495 e. The zero-order valence-corrected chi connectivity index (χ0v) is 15.4. The fourth-order valence-corrected chi connectivity index (χ4v) is 3.28. The molecule has 0 bridgehead atoms. The first-order valence-electron chi connectivity index (χ1n) is 7.96. The van der Waals surface area contributed by atoms with Crippen molar-refractivity contribution in [1.82, 2.24) is 9.47 Å². The lowest BCUT2D eigenvalue weighted by Gasteiger charge is -2.15. The van der Waals surface area contributed by atoms with Gasteiger partial charge in [-0.1, -0.05) is 11.6 Å². The topological polar surface area (TPSA) is 86.8 Å². The van der Waals surface area contributed by atoms with Crippen LogP contribution >= 0.6 is 11.6 Å². The third-order valence-electron chi connectivity index (χ3n) is 4.09. The van der Waals surface area contributed by atoms with E-state index in [1.165, 1.54) is 0 Å². The van der Waals surface area contributed by atoms with Crippen LogP contribution in [-0.4, -0.2) is 43.1 Å². The molecule has 0 aliphatic carbocycles. The molecule has 0 spiro atoms. The van der Waals surface area contributed by atoms with Gasteiger partial charge in [0.15, 0.2) is 0 Å². The molecule has 26 heavy (non-hydrogen) atoms. The predicted octanol–water partition coefficient (Wildman–Crippen LogP) is 1.65. The summed E-state index contributed by atoms with van der Waals surface area (Å²) in [5, 5.41) is 1.52. The van der Waals surface area contributed by atoms with E-state index < -0.39 is 6.61 Å². The van der Waals surface area contributed by atoms with Gasteiger partial charge in [0, 0.05) is 37.1 Å². The fourth-order valence-electron chi connectivity index (χ4n) is 3.04. The minimum absolute atomic E-state index is 0.0357. The second-order valence-corrected chi connectivity index (χ2v) is 6.23. The highest BCUT2D eigenvalue weighted by molar-refractivity contribution is 6.32.